The molecule has 0 fully saturated rings. The third-order valence-corrected chi connectivity index (χ3v) is 3.97. The van der Waals surface area contributed by atoms with Gasteiger partial charge in [0.1, 0.15) is 9.71 Å². The largest absolute Gasteiger partial charge is 0.397 e. The minimum absolute atomic E-state index is 0.192. The van der Waals surface area contributed by atoms with Crippen LogP contribution in [0.15, 0.2) is 12.1 Å². The van der Waals surface area contributed by atoms with Gasteiger partial charge in [-0.1, -0.05) is 0 Å². The molecule has 0 saturated carbocycles. The van der Waals surface area contributed by atoms with Crippen LogP contribution in [-0.4, -0.2) is 23.1 Å². The zero-order valence-corrected chi connectivity index (χ0v) is 12.2. The van der Waals surface area contributed by atoms with Crippen molar-refractivity contribution in [3.8, 4) is 0 Å². The first kappa shape index (κ1) is 15.6. The maximum Gasteiger partial charge on any atom is 0.391 e. The van der Waals surface area contributed by atoms with Crippen molar-refractivity contribution in [1.29, 1.82) is 0 Å². The van der Waals surface area contributed by atoms with Gasteiger partial charge in [0.2, 0.25) is 0 Å². The normalized spacial score (nSPS) is 13.4. The van der Waals surface area contributed by atoms with Gasteiger partial charge in [0, 0.05) is 17.1 Å². The first-order valence-corrected chi connectivity index (χ1v) is 7.02. The molecule has 0 spiro atoms. The van der Waals surface area contributed by atoms with E-state index in [-0.39, 0.29) is 10.6 Å². The summed E-state index contributed by atoms with van der Waals surface area (Å²) in [6, 6.07) is 2.50. The smallest absolute Gasteiger partial charge is 0.391 e. The lowest BCUT2D eigenvalue weighted by atomic mass is 10.2. The monoisotopic (exact) mass is 317 g/mol. The second-order valence-corrected chi connectivity index (χ2v) is 5.84. The summed E-state index contributed by atoms with van der Waals surface area (Å²) in [6.07, 6.45) is -5.40. The lowest BCUT2D eigenvalue weighted by Crippen LogP contribution is -2.35. The molecular formula is C13H14F3N3OS. The Hall–Kier alpha value is -1.83. The minimum atomic E-state index is -4.32. The molecule has 2 aromatic heterocycles. The number of aryl methyl sites for hydroxylation is 1. The van der Waals surface area contributed by atoms with Gasteiger partial charge in [-0.2, -0.15) is 13.2 Å². The number of nitrogens with one attached hydrogen (secondary N) is 1. The number of fused-ring (bicyclic) bond motifs is 1. The molecule has 0 aliphatic heterocycles. The molecule has 0 aliphatic carbocycles. The van der Waals surface area contributed by atoms with E-state index >= 15 is 0 Å². The van der Waals surface area contributed by atoms with Gasteiger partial charge in [-0.3, -0.25) is 4.79 Å². The van der Waals surface area contributed by atoms with Crippen LogP contribution in [0.4, 0.5) is 18.9 Å². The zero-order chi connectivity index (χ0) is 15.8. The number of hydrogen-bond donors (Lipinski definition) is 2. The molecular weight excluding hydrogens is 303 g/mol. The van der Waals surface area contributed by atoms with Crippen LogP contribution in [0.1, 0.15) is 28.7 Å². The fourth-order valence-corrected chi connectivity index (χ4v) is 2.99. The van der Waals surface area contributed by atoms with E-state index in [1.165, 1.54) is 6.92 Å². The van der Waals surface area contributed by atoms with Crippen LogP contribution in [0, 0.1) is 6.92 Å². The van der Waals surface area contributed by atoms with Crippen molar-refractivity contribution in [2.45, 2.75) is 32.5 Å². The molecule has 0 bridgehead atoms. The molecule has 1 atom stereocenters. The van der Waals surface area contributed by atoms with Crippen LogP contribution >= 0.6 is 11.3 Å². The van der Waals surface area contributed by atoms with E-state index < -0.39 is 24.5 Å². The minimum Gasteiger partial charge on any atom is -0.397 e. The second-order valence-electron chi connectivity index (χ2n) is 4.84. The number of nitrogens with two attached hydrogens (primary N) is 1. The van der Waals surface area contributed by atoms with Crippen LogP contribution in [0.3, 0.4) is 0 Å². The van der Waals surface area contributed by atoms with E-state index in [4.69, 9.17) is 5.73 Å². The van der Waals surface area contributed by atoms with Gasteiger partial charge >= 0.3 is 6.18 Å². The molecule has 1 amide bonds. The molecule has 8 heteroatoms. The van der Waals surface area contributed by atoms with Crippen LogP contribution < -0.4 is 11.1 Å². The highest BCUT2D eigenvalue weighted by Crippen LogP contribution is 2.32. The number of carbonyl (C=O) groups excluding carboxylic acids is 1. The Bertz CT molecular complexity index is 681. The van der Waals surface area contributed by atoms with Gasteiger partial charge in [-0.25, -0.2) is 4.98 Å². The average molecular weight is 317 g/mol. The molecule has 2 aromatic rings. The van der Waals surface area contributed by atoms with Crippen molar-refractivity contribution < 1.29 is 18.0 Å². The molecule has 21 heavy (non-hydrogen) atoms. The predicted octanol–water partition coefficient (Wildman–Crippen LogP) is 3.26. The second kappa shape index (κ2) is 5.51. The highest BCUT2D eigenvalue weighted by atomic mass is 32.1. The summed E-state index contributed by atoms with van der Waals surface area (Å²) in [5.41, 5.74) is 6.91. The summed E-state index contributed by atoms with van der Waals surface area (Å²) in [7, 11) is 0. The third-order valence-electron chi connectivity index (χ3n) is 2.85. The molecule has 0 radical (unpaired) electrons. The predicted molar refractivity (Wildman–Crippen MR) is 76.4 cm³/mol. The number of alkyl halides is 3. The highest BCUT2D eigenvalue weighted by molar-refractivity contribution is 7.21. The Morgan fingerprint density at radius 3 is 2.76 bits per heavy atom. The maximum absolute atomic E-state index is 12.3. The quantitative estimate of drug-likeness (QED) is 0.913. The van der Waals surface area contributed by atoms with Gasteiger partial charge in [0.15, 0.2) is 0 Å². The van der Waals surface area contributed by atoms with Gasteiger partial charge in [-0.05, 0) is 26.0 Å². The molecule has 0 saturated heterocycles. The molecule has 4 nitrogen and oxygen atoms in total. The summed E-state index contributed by atoms with van der Waals surface area (Å²) < 4.78 is 36.8. The number of halogens is 3. The number of nitrogens with zero attached hydrogens (tertiary/aromatic N) is 1. The third kappa shape index (κ3) is 3.63. The summed E-state index contributed by atoms with van der Waals surface area (Å²) in [5, 5.41) is 2.95. The topological polar surface area (TPSA) is 68.0 Å². The number of rotatable bonds is 3. The van der Waals surface area contributed by atoms with E-state index in [0.29, 0.717) is 10.2 Å². The van der Waals surface area contributed by atoms with Crippen molar-refractivity contribution in [2.75, 3.05) is 5.73 Å². The van der Waals surface area contributed by atoms with Crippen molar-refractivity contribution in [3.05, 3.63) is 22.7 Å². The Morgan fingerprint density at radius 1 is 1.48 bits per heavy atom. The van der Waals surface area contributed by atoms with Crippen molar-refractivity contribution in [2.24, 2.45) is 0 Å². The summed E-state index contributed by atoms with van der Waals surface area (Å²) in [5.74, 6) is -0.607. The molecule has 2 heterocycles. The number of thiophene rings is 1. The molecule has 3 N–H and O–H groups in total. The number of aromatic nitrogens is 1. The number of carbonyl (C=O) groups is 1. The summed E-state index contributed by atoms with van der Waals surface area (Å²) >= 11 is 1.08. The van der Waals surface area contributed by atoms with Gasteiger partial charge in [0.25, 0.3) is 5.91 Å². The van der Waals surface area contributed by atoms with Gasteiger partial charge in [-0.15, -0.1) is 11.3 Å². The summed E-state index contributed by atoms with van der Waals surface area (Å²) in [4.78, 5) is 17.1. The molecule has 2 rings (SSSR count). The Morgan fingerprint density at radius 2 is 2.14 bits per heavy atom. The van der Waals surface area contributed by atoms with Crippen LogP contribution in [0.5, 0.6) is 0 Å². The fraction of sp³-hybridized carbons (Fsp3) is 0.385. The lowest BCUT2D eigenvalue weighted by Gasteiger charge is -2.15. The van der Waals surface area contributed by atoms with E-state index in [2.05, 4.69) is 10.3 Å². The number of nitrogen functional groups attached to an aromatic ring is 1. The standard InChI is InChI=1S/C13H14F3N3OS/c1-6-3-4-8-9(17)10(21-12(8)19-6)11(20)18-7(2)5-13(14,15)16/h3-4,7H,5,17H2,1-2H3,(H,18,20). The first-order valence-electron chi connectivity index (χ1n) is 6.20. The van der Waals surface area contributed by atoms with Crippen LogP contribution in [0.2, 0.25) is 0 Å². The van der Waals surface area contributed by atoms with Crippen LogP contribution in [-0.2, 0) is 0 Å². The fourth-order valence-electron chi connectivity index (χ4n) is 1.95. The first-order chi connectivity index (χ1) is 9.67. The highest BCUT2D eigenvalue weighted by Gasteiger charge is 2.31. The summed E-state index contributed by atoms with van der Waals surface area (Å²) in [6.45, 7) is 3.11. The number of amides is 1. The Balaban J connectivity index is 2.22. The van der Waals surface area contributed by atoms with Gasteiger partial charge < -0.3 is 11.1 Å². The number of anilines is 1. The molecule has 114 valence electrons. The van der Waals surface area contributed by atoms with E-state index in [9.17, 15) is 18.0 Å². The molecule has 0 aliphatic rings. The Kier molecular flexibility index (Phi) is 4.08. The van der Waals surface area contributed by atoms with Crippen molar-refractivity contribution >= 4 is 33.1 Å². The number of pyridine rings is 1. The molecule has 0 aromatic carbocycles. The number of hydrogen-bond acceptors (Lipinski definition) is 4. The SMILES string of the molecule is Cc1ccc2c(N)c(C(=O)NC(C)CC(F)(F)F)sc2n1. The van der Waals surface area contributed by atoms with Gasteiger partial charge in [0.05, 0.1) is 12.1 Å². The van der Waals surface area contributed by atoms with Crippen molar-refractivity contribution in [1.82, 2.24) is 10.3 Å². The molecule has 1 unspecified atom stereocenters. The Labute approximate surface area is 123 Å². The maximum atomic E-state index is 12.3. The van der Waals surface area contributed by atoms with E-state index in [1.807, 2.05) is 0 Å². The lowest BCUT2D eigenvalue weighted by molar-refractivity contribution is -0.138. The van der Waals surface area contributed by atoms with E-state index in [1.54, 1.807) is 19.1 Å². The van der Waals surface area contributed by atoms with E-state index in [0.717, 1.165) is 17.0 Å². The average Bonchev–Trinajstić information content (AvgIpc) is 2.63. The van der Waals surface area contributed by atoms with Crippen molar-refractivity contribution in [3.63, 3.8) is 0 Å². The van der Waals surface area contributed by atoms with Crippen LogP contribution in [0.25, 0.3) is 10.2 Å². The zero-order valence-electron chi connectivity index (χ0n) is 11.4.